The summed E-state index contributed by atoms with van der Waals surface area (Å²) in [5.74, 6) is -0.729. The number of allylic oxidation sites excluding steroid dienone is 1. The van der Waals surface area contributed by atoms with Crippen LogP contribution in [0.15, 0.2) is 12.3 Å². The van der Waals surface area contributed by atoms with Gasteiger partial charge in [-0.15, -0.1) is 13.2 Å². The van der Waals surface area contributed by atoms with Gasteiger partial charge in [-0.1, -0.05) is 37.8 Å². The van der Waals surface area contributed by atoms with Crippen molar-refractivity contribution in [3.63, 3.8) is 0 Å². The average molecular weight is 377 g/mol. The Hall–Kier alpha value is -1.87. The molecule has 1 heterocycles. The SMILES string of the molecule is C=C(/C=c1/sc(N(C)C(=O)CC(C)(C)CN)n/c1=C/C)OC(F)(F)F. The summed E-state index contributed by atoms with van der Waals surface area (Å²) >= 11 is 1.08. The van der Waals surface area contributed by atoms with Crippen molar-refractivity contribution in [2.45, 2.75) is 33.6 Å². The first-order valence-corrected chi connectivity index (χ1v) is 8.26. The van der Waals surface area contributed by atoms with E-state index in [1.54, 1.807) is 20.0 Å². The van der Waals surface area contributed by atoms with E-state index in [4.69, 9.17) is 5.73 Å². The van der Waals surface area contributed by atoms with E-state index in [2.05, 4.69) is 16.3 Å². The number of nitrogens with zero attached hydrogens (tertiary/aromatic N) is 2. The Bertz CT molecular complexity index is 754. The van der Waals surface area contributed by atoms with Gasteiger partial charge < -0.3 is 10.5 Å². The van der Waals surface area contributed by atoms with Crippen molar-refractivity contribution in [1.82, 2.24) is 4.98 Å². The fourth-order valence-corrected chi connectivity index (χ4v) is 2.85. The molecule has 1 aromatic heterocycles. The van der Waals surface area contributed by atoms with Gasteiger partial charge in [0.05, 0.1) is 9.88 Å². The Labute approximate surface area is 148 Å². The van der Waals surface area contributed by atoms with Gasteiger partial charge in [0, 0.05) is 13.5 Å². The van der Waals surface area contributed by atoms with Crippen LogP contribution in [0.5, 0.6) is 0 Å². The number of hydrogen-bond acceptors (Lipinski definition) is 5. The molecule has 0 aliphatic heterocycles. The third-order valence-corrected chi connectivity index (χ3v) is 4.42. The lowest BCUT2D eigenvalue weighted by Crippen LogP contribution is -2.34. The molecule has 0 spiro atoms. The number of amides is 1. The van der Waals surface area contributed by atoms with Gasteiger partial charge >= 0.3 is 6.36 Å². The molecule has 0 aliphatic carbocycles. The fourth-order valence-electron chi connectivity index (χ4n) is 1.82. The maximum absolute atomic E-state index is 12.4. The number of halogens is 3. The highest BCUT2D eigenvalue weighted by atomic mass is 32.1. The van der Waals surface area contributed by atoms with Gasteiger partial charge in [-0.3, -0.25) is 9.69 Å². The minimum Gasteiger partial charge on any atom is -0.406 e. The highest BCUT2D eigenvalue weighted by Gasteiger charge is 2.31. The summed E-state index contributed by atoms with van der Waals surface area (Å²) < 4.78 is 40.9. The van der Waals surface area contributed by atoms with Crippen LogP contribution in [0.4, 0.5) is 18.3 Å². The van der Waals surface area contributed by atoms with Crippen molar-refractivity contribution in [3.8, 4) is 0 Å². The molecule has 0 aliphatic rings. The highest BCUT2D eigenvalue weighted by molar-refractivity contribution is 7.13. The van der Waals surface area contributed by atoms with E-state index in [9.17, 15) is 18.0 Å². The van der Waals surface area contributed by atoms with Gasteiger partial charge in [-0.05, 0) is 25.0 Å². The van der Waals surface area contributed by atoms with Crippen molar-refractivity contribution in [2.75, 3.05) is 18.5 Å². The van der Waals surface area contributed by atoms with E-state index < -0.39 is 12.1 Å². The van der Waals surface area contributed by atoms with Crippen LogP contribution >= 0.6 is 11.3 Å². The van der Waals surface area contributed by atoms with Crippen LogP contribution in [0, 0.1) is 5.41 Å². The number of aromatic nitrogens is 1. The summed E-state index contributed by atoms with van der Waals surface area (Å²) in [5.41, 5.74) is 5.28. The van der Waals surface area contributed by atoms with E-state index in [1.165, 1.54) is 4.90 Å². The summed E-state index contributed by atoms with van der Waals surface area (Å²) in [4.78, 5) is 18.0. The number of hydrogen-bond donors (Lipinski definition) is 1. The molecule has 0 fully saturated rings. The zero-order chi connectivity index (χ0) is 19.4. The van der Waals surface area contributed by atoms with Gasteiger partial charge in [0.1, 0.15) is 5.76 Å². The minimum absolute atomic E-state index is 0.177. The number of rotatable bonds is 6. The minimum atomic E-state index is -4.81. The molecule has 2 N–H and O–H groups in total. The molecule has 0 radical (unpaired) electrons. The standard InChI is InChI=1S/C16H22F3N3O2S/c1-6-11-12(7-10(2)24-16(17,18)19)25-14(21-11)22(5)13(23)8-15(3,4)9-20/h6-7H,2,8-9,20H2,1,3-5H3/b11-6+,12-7+. The molecule has 5 nitrogen and oxygen atoms in total. The predicted octanol–water partition coefficient (Wildman–Crippen LogP) is 2.11. The van der Waals surface area contributed by atoms with Crippen LogP contribution in [0.2, 0.25) is 0 Å². The van der Waals surface area contributed by atoms with Crippen molar-refractivity contribution in [1.29, 1.82) is 0 Å². The average Bonchev–Trinajstić information content (AvgIpc) is 2.86. The van der Waals surface area contributed by atoms with Crippen LogP contribution in [0.1, 0.15) is 27.2 Å². The molecule has 140 valence electrons. The smallest absolute Gasteiger partial charge is 0.406 e. The van der Waals surface area contributed by atoms with E-state index in [0.717, 1.165) is 17.4 Å². The summed E-state index contributed by atoms with van der Waals surface area (Å²) in [6, 6.07) is 0. The molecule has 25 heavy (non-hydrogen) atoms. The normalized spacial score (nSPS) is 13.9. The number of thiazole rings is 1. The number of anilines is 1. The van der Waals surface area contributed by atoms with Crippen LogP contribution in [-0.4, -0.2) is 30.8 Å². The number of alkyl halides is 3. The van der Waals surface area contributed by atoms with Gasteiger partial charge in [0.25, 0.3) is 0 Å². The number of ether oxygens (including phenoxy) is 1. The first-order valence-electron chi connectivity index (χ1n) is 7.45. The zero-order valence-corrected chi connectivity index (χ0v) is 15.4. The van der Waals surface area contributed by atoms with Crippen molar-refractivity contribution in [3.05, 3.63) is 22.2 Å². The zero-order valence-electron chi connectivity index (χ0n) is 14.6. The first-order chi connectivity index (χ1) is 11.4. The molecule has 0 bridgehead atoms. The summed E-state index contributed by atoms with van der Waals surface area (Å²) in [6.45, 7) is 9.04. The second kappa shape index (κ2) is 8.01. The van der Waals surface area contributed by atoms with E-state index in [0.29, 0.717) is 21.6 Å². The molecule has 9 heteroatoms. The second-order valence-corrected chi connectivity index (χ2v) is 7.20. The molecule has 1 rings (SSSR count). The van der Waals surface area contributed by atoms with Gasteiger partial charge in [0.15, 0.2) is 5.13 Å². The van der Waals surface area contributed by atoms with E-state index in [-0.39, 0.29) is 17.7 Å². The number of carbonyl (C=O) groups is 1. The van der Waals surface area contributed by atoms with Crippen LogP contribution in [-0.2, 0) is 9.53 Å². The van der Waals surface area contributed by atoms with Gasteiger partial charge in [-0.25, -0.2) is 4.98 Å². The number of carbonyl (C=O) groups excluding carboxylic acids is 1. The van der Waals surface area contributed by atoms with Crippen molar-refractivity contribution < 1.29 is 22.7 Å². The Morgan fingerprint density at radius 3 is 2.52 bits per heavy atom. The quantitative estimate of drug-likeness (QED) is 0.771. The largest absolute Gasteiger partial charge is 0.573 e. The summed E-state index contributed by atoms with van der Waals surface area (Å²) in [6.07, 6.45) is -1.80. The van der Waals surface area contributed by atoms with E-state index in [1.807, 2.05) is 13.8 Å². The maximum Gasteiger partial charge on any atom is 0.573 e. The number of nitrogens with two attached hydrogens (primary N) is 1. The summed E-state index contributed by atoms with van der Waals surface area (Å²) in [5, 5.41) is 0.821. The lowest BCUT2D eigenvalue weighted by molar-refractivity contribution is -0.302. The lowest BCUT2D eigenvalue weighted by atomic mass is 9.89. The topological polar surface area (TPSA) is 68.5 Å². The van der Waals surface area contributed by atoms with Gasteiger partial charge in [-0.2, -0.15) is 0 Å². The first kappa shape index (κ1) is 21.2. The molecule has 0 unspecified atom stereocenters. The van der Waals surface area contributed by atoms with E-state index >= 15 is 0 Å². The van der Waals surface area contributed by atoms with Crippen LogP contribution in [0.25, 0.3) is 12.2 Å². The van der Waals surface area contributed by atoms with Crippen LogP contribution < -0.4 is 20.5 Å². The second-order valence-electron chi connectivity index (χ2n) is 6.19. The van der Waals surface area contributed by atoms with Crippen molar-refractivity contribution in [2.24, 2.45) is 11.1 Å². The molecule has 0 aromatic carbocycles. The highest BCUT2D eigenvalue weighted by Crippen LogP contribution is 2.22. The molecule has 0 saturated heterocycles. The molecule has 1 aromatic rings. The Morgan fingerprint density at radius 1 is 1.44 bits per heavy atom. The lowest BCUT2D eigenvalue weighted by Gasteiger charge is -2.24. The maximum atomic E-state index is 12.4. The molecule has 0 saturated carbocycles. The Kier molecular flexibility index (Phi) is 6.78. The Balaban J connectivity index is 3.11. The van der Waals surface area contributed by atoms with Crippen molar-refractivity contribution >= 4 is 34.5 Å². The monoisotopic (exact) mass is 377 g/mol. The Morgan fingerprint density at radius 2 is 2.04 bits per heavy atom. The third-order valence-electron chi connectivity index (χ3n) is 3.33. The molecule has 0 atom stereocenters. The fraction of sp³-hybridized carbons (Fsp3) is 0.500. The predicted molar refractivity (Wildman–Crippen MR) is 93.1 cm³/mol. The van der Waals surface area contributed by atoms with Crippen LogP contribution in [0.3, 0.4) is 0 Å². The molecular weight excluding hydrogens is 355 g/mol. The third kappa shape index (κ3) is 6.50. The van der Waals surface area contributed by atoms with Gasteiger partial charge in [0.2, 0.25) is 5.91 Å². The molecular formula is C16H22F3N3O2S. The molecule has 1 amide bonds. The summed E-state index contributed by atoms with van der Waals surface area (Å²) in [7, 11) is 1.57.